The quantitative estimate of drug-likeness (QED) is 0.860. The Balaban J connectivity index is 1.91. The van der Waals surface area contributed by atoms with Crippen molar-refractivity contribution < 1.29 is 13.2 Å². The van der Waals surface area contributed by atoms with Crippen molar-refractivity contribution in [2.24, 2.45) is 11.7 Å². The van der Waals surface area contributed by atoms with Gasteiger partial charge >= 0.3 is 0 Å². The number of anilines is 1. The molecule has 1 aromatic carbocycles. The molecule has 2 aliphatic heterocycles. The second-order valence-corrected chi connectivity index (χ2v) is 8.08. The van der Waals surface area contributed by atoms with Crippen LogP contribution in [0, 0.1) is 5.92 Å². The van der Waals surface area contributed by atoms with Crippen LogP contribution >= 0.6 is 11.6 Å². The summed E-state index contributed by atoms with van der Waals surface area (Å²) in [6.45, 7) is 0. The van der Waals surface area contributed by atoms with E-state index in [2.05, 4.69) is 5.32 Å². The van der Waals surface area contributed by atoms with E-state index in [1.54, 1.807) is 6.07 Å². The lowest BCUT2D eigenvalue weighted by molar-refractivity contribution is -0.115. The first kappa shape index (κ1) is 13.9. The maximum atomic E-state index is 11.5. The van der Waals surface area contributed by atoms with Gasteiger partial charge in [0, 0.05) is 16.8 Å². The molecule has 20 heavy (non-hydrogen) atoms. The summed E-state index contributed by atoms with van der Waals surface area (Å²) in [6.07, 6.45) is 0.878. The van der Waals surface area contributed by atoms with E-state index < -0.39 is 15.9 Å². The molecule has 0 saturated carbocycles. The molecule has 2 aliphatic rings. The lowest BCUT2D eigenvalue weighted by Crippen LogP contribution is -2.23. The number of hydrogen-bond donors (Lipinski definition) is 2. The lowest BCUT2D eigenvalue weighted by Gasteiger charge is -2.20. The molecule has 1 amide bonds. The van der Waals surface area contributed by atoms with Crippen LogP contribution in [0.15, 0.2) is 12.1 Å². The van der Waals surface area contributed by atoms with E-state index in [9.17, 15) is 13.2 Å². The number of nitrogens with one attached hydrogen (secondary N) is 1. The van der Waals surface area contributed by atoms with Crippen molar-refractivity contribution in [3.05, 3.63) is 28.3 Å². The summed E-state index contributed by atoms with van der Waals surface area (Å²) in [5.41, 5.74) is 8.51. The van der Waals surface area contributed by atoms with Gasteiger partial charge in [-0.15, -0.1) is 0 Å². The maximum absolute atomic E-state index is 11.5. The third kappa shape index (κ3) is 2.43. The number of fused-ring (bicyclic) bond motifs is 1. The minimum absolute atomic E-state index is 0.0646. The molecule has 108 valence electrons. The predicted molar refractivity (Wildman–Crippen MR) is 77.5 cm³/mol. The highest BCUT2D eigenvalue weighted by molar-refractivity contribution is 7.91. The number of carbonyl (C=O) groups is 1. The maximum Gasteiger partial charge on any atom is 0.228 e. The second kappa shape index (κ2) is 4.72. The van der Waals surface area contributed by atoms with Gasteiger partial charge in [-0.2, -0.15) is 0 Å². The van der Waals surface area contributed by atoms with Crippen LogP contribution in [0.25, 0.3) is 0 Å². The number of halogens is 1. The fourth-order valence-corrected chi connectivity index (χ4v) is 5.03. The molecular formula is C13H15ClN2O3S. The number of hydrogen-bond acceptors (Lipinski definition) is 4. The van der Waals surface area contributed by atoms with Gasteiger partial charge in [-0.05, 0) is 29.5 Å². The van der Waals surface area contributed by atoms with Gasteiger partial charge in [0.05, 0.1) is 17.9 Å². The highest BCUT2D eigenvalue weighted by Gasteiger charge is 2.34. The first-order valence-corrected chi connectivity index (χ1v) is 8.64. The van der Waals surface area contributed by atoms with Gasteiger partial charge in [0.25, 0.3) is 0 Å². The molecule has 0 aromatic heterocycles. The molecule has 5 nitrogen and oxygen atoms in total. The molecule has 3 N–H and O–H groups in total. The zero-order valence-corrected chi connectivity index (χ0v) is 12.3. The number of nitrogens with two attached hydrogens (primary N) is 1. The summed E-state index contributed by atoms with van der Waals surface area (Å²) < 4.78 is 23.1. The summed E-state index contributed by atoms with van der Waals surface area (Å²) in [4.78, 5) is 11.4. The predicted octanol–water partition coefficient (Wildman–Crippen LogP) is 1.27. The van der Waals surface area contributed by atoms with Crippen LogP contribution in [-0.4, -0.2) is 25.8 Å². The number of sulfone groups is 1. The van der Waals surface area contributed by atoms with E-state index in [0.29, 0.717) is 17.9 Å². The molecular weight excluding hydrogens is 300 g/mol. The summed E-state index contributed by atoms with van der Waals surface area (Å²) in [6, 6.07) is 3.10. The first-order valence-electron chi connectivity index (χ1n) is 6.44. The largest absolute Gasteiger partial charge is 0.325 e. The number of amides is 1. The van der Waals surface area contributed by atoms with E-state index in [0.717, 1.165) is 16.8 Å². The van der Waals surface area contributed by atoms with Gasteiger partial charge in [-0.1, -0.05) is 17.7 Å². The Labute approximate surface area is 122 Å². The van der Waals surface area contributed by atoms with E-state index in [1.807, 2.05) is 6.07 Å². The minimum atomic E-state index is -2.97. The summed E-state index contributed by atoms with van der Waals surface area (Å²) >= 11 is 6.22. The van der Waals surface area contributed by atoms with E-state index in [1.165, 1.54) is 0 Å². The Bertz CT molecular complexity index is 687. The Morgan fingerprint density at radius 1 is 1.40 bits per heavy atom. The third-order valence-electron chi connectivity index (χ3n) is 3.98. The smallest absolute Gasteiger partial charge is 0.228 e. The minimum Gasteiger partial charge on any atom is -0.325 e. The molecule has 1 saturated heterocycles. The Kier molecular flexibility index (Phi) is 3.27. The van der Waals surface area contributed by atoms with Gasteiger partial charge in [-0.25, -0.2) is 8.42 Å². The zero-order valence-electron chi connectivity index (χ0n) is 10.7. The van der Waals surface area contributed by atoms with Crippen molar-refractivity contribution >= 4 is 33.0 Å². The van der Waals surface area contributed by atoms with Crippen LogP contribution in [0.2, 0.25) is 5.02 Å². The molecule has 1 fully saturated rings. The van der Waals surface area contributed by atoms with Gasteiger partial charge < -0.3 is 11.1 Å². The summed E-state index contributed by atoms with van der Waals surface area (Å²) in [5, 5.41) is 3.20. The van der Waals surface area contributed by atoms with Crippen molar-refractivity contribution in [3.8, 4) is 0 Å². The third-order valence-corrected chi connectivity index (χ3v) is 6.10. The number of carbonyl (C=O) groups excluding carboxylic acids is 1. The normalized spacial score (nSPS) is 25.3. The fourth-order valence-electron chi connectivity index (χ4n) is 2.88. The lowest BCUT2D eigenvalue weighted by atomic mass is 9.92. The molecule has 1 aromatic rings. The summed E-state index contributed by atoms with van der Waals surface area (Å²) in [7, 11) is -2.97. The molecule has 0 aliphatic carbocycles. The topological polar surface area (TPSA) is 89.3 Å². The highest BCUT2D eigenvalue weighted by atomic mass is 35.5. The number of rotatable bonds is 2. The zero-order chi connectivity index (χ0) is 14.5. The van der Waals surface area contributed by atoms with Gasteiger partial charge in [0.15, 0.2) is 9.84 Å². The molecule has 0 spiro atoms. The van der Waals surface area contributed by atoms with Crippen LogP contribution in [0.1, 0.15) is 23.6 Å². The average Bonchev–Trinajstić information content (AvgIpc) is 2.88. The highest BCUT2D eigenvalue weighted by Crippen LogP contribution is 2.37. The number of benzene rings is 1. The van der Waals surface area contributed by atoms with Gasteiger partial charge in [0.2, 0.25) is 5.91 Å². The monoisotopic (exact) mass is 314 g/mol. The van der Waals surface area contributed by atoms with E-state index in [4.69, 9.17) is 17.3 Å². The second-order valence-electron chi connectivity index (χ2n) is 5.44. The van der Waals surface area contributed by atoms with E-state index in [-0.39, 0.29) is 23.3 Å². The fraction of sp³-hybridized carbons (Fsp3) is 0.462. The Hall–Kier alpha value is -1.11. The van der Waals surface area contributed by atoms with Crippen LogP contribution in [0.4, 0.5) is 5.69 Å². The van der Waals surface area contributed by atoms with E-state index >= 15 is 0 Å². The van der Waals surface area contributed by atoms with Crippen molar-refractivity contribution in [1.82, 2.24) is 0 Å². The average molecular weight is 315 g/mol. The van der Waals surface area contributed by atoms with Crippen LogP contribution < -0.4 is 11.1 Å². The Morgan fingerprint density at radius 2 is 2.15 bits per heavy atom. The van der Waals surface area contributed by atoms with Crippen molar-refractivity contribution in [2.75, 3.05) is 16.8 Å². The SMILES string of the molecule is NC(c1cc2c(cc1Cl)NC(=O)C2)C1CCS(=O)(=O)C1. The molecule has 0 radical (unpaired) electrons. The van der Waals surface area contributed by atoms with Crippen molar-refractivity contribution in [2.45, 2.75) is 18.9 Å². The first-order chi connectivity index (χ1) is 9.35. The van der Waals surface area contributed by atoms with Crippen LogP contribution in [0.3, 0.4) is 0 Å². The van der Waals surface area contributed by atoms with Crippen molar-refractivity contribution in [1.29, 1.82) is 0 Å². The van der Waals surface area contributed by atoms with Gasteiger partial charge in [0.1, 0.15) is 0 Å². The molecule has 7 heteroatoms. The molecule has 2 atom stereocenters. The molecule has 2 heterocycles. The molecule has 2 unspecified atom stereocenters. The van der Waals surface area contributed by atoms with Gasteiger partial charge in [-0.3, -0.25) is 4.79 Å². The van der Waals surface area contributed by atoms with Crippen LogP contribution in [0.5, 0.6) is 0 Å². The summed E-state index contributed by atoms with van der Waals surface area (Å²) in [5.74, 6) is 0.123. The Morgan fingerprint density at radius 3 is 2.80 bits per heavy atom. The van der Waals surface area contributed by atoms with Crippen molar-refractivity contribution in [3.63, 3.8) is 0 Å². The molecule has 0 bridgehead atoms. The van der Waals surface area contributed by atoms with Crippen LogP contribution in [-0.2, 0) is 21.1 Å². The standard InChI is InChI=1S/C13H15ClN2O3S/c14-10-5-11-8(4-12(17)16-11)3-9(10)13(15)7-1-2-20(18,19)6-7/h3,5,7,13H,1-2,4,6,15H2,(H,16,17). The molecule has 3 rings (SSSR count).